The van der Waals surface area contributed by atoms with E-state index in [1.165, 1.54) is 103 Å². The summed E-state index contributed by atoms with van der Waals surface area (Å²) >= 11 is 0. The normalized spacial score (nSPS) is 12.6. The van der Waals surface area contributed by atoms with Crippen LogP contribution in [0, 0.1) is 0 Å². The third-order valence-electron chi connectivity index (χ3n) is 10.7. The van der Waals surface area contributed by atoms with Gasteiger partial charge in [0.05, 0.1) is 0 Å². The smallest absolute Gasteiger partial charge is 0.306 e. The fourth-order valence-electron chi connectivity index (χ4n) is 6.87. The van der Waals surface area contributed by atoms with Gasteiger partial charge in [-0.3, -0.25) is 14.4 Å². The fourth-order valence-corrected chi connectivity index (χ4v) is 6.87. The van der Waals surface area contributed by atoms with E-state index in [1.54, 1.807) is 0 Å². The Morgan fingerprint density at radius 2 is 0.639 bits per heavy atom. The number of hydrogen-bond acceptors (Lipinski definition) is 6. The summed E-state index contributed by atoms with van der Waals surface area (Å²) in [4.78, 5) is 37.9. The van der Waals surface area contributed by atoms with Crippen molar-refractivity contribution in [2.75, 3.05) is 13.2 Å². The summed E-state index contributed by atoms with van der Waals surface area (Å²) in [5, 5.41) is 0. The van der Waals surface area contributed by atoms with E-state index in [0.717, 1.165) is 89.9 Å². The zero-order chi connectivity index (χ0) is 44.4. The van der Waals surface area contributed by atoms with Crippen LogP contribution < -0.4 is 0 Å². The summed E-state index contributed by atoms with van der Waals surface area (Å²) in [5.74, 6) is -0.943. The minimum atomic E-state index is -0.797. The first-order chi connectivity index (χ1) is 30.0. The molecule has 1 unspecified atom stereocenters. The van der Waals surface area contributed by atoms with E-state index in [0.29, 0.717) is 19.3 Å². The van der Waals surface area contributed by atoms with Crippen molar-refractivity contribution in [1.82, 2.24) is 0 Å². The maximum absolute atomic E-state index is 12.8. The quantitative estimate of drug-likeness (QED) is 0.0263. The molecule has 0 heterocycles. The third-order valence-corrected chi connectivity index (χ3v) is 10.7. The van der Waals surface area contributed by atoms with Gasteiger partial charge in [0.2, 0.25) is 0 Å². The van der Waals surface area contributed by atoms with Crippen LogP contribution in [-0.2, 0) is 28.6 Å². The molecule has 350 valence electrons. The topological polar surface area (TPSA) is 78.9 Å². The van der Waals surface area contributed by atoms with Crippen LogP contribution in [0.3, 0.4) is 0 Å². The lowest BCUT2D eigenvalue weighted by Crippen LogP contribution is -2.30. The van der Waals surface area contributed by atoms with Gasteiger partial charge in [0, 0.05) is 19.3 Å². The van der Waals surface area contributed by atoms with Crippen molar-refractivity contribution < 1.29 is 28.6 Å². The van der Waals surface area contributed by atoms with Crippen molar-refractivity contribution in [3.8, 4) is 0 Å². The number of allylic oxidation sites excluding steroid dienone is 12. The van der Waals surface area contributed by atoms with Gasteiger partial charge in [0.15, 0.2) is 6.10 Å². The SMILES string of the molecule is CC/C=C\C/C=C\C/C=C\C/C=C\CCCCC(=O)OC(COC(=O)CCCCCCCCC/C=C\C/C=C\CCCCC)COC(=O)CCCCCCCCCCCCC. The molecule has 0 bridgehead atoms. The Labute approximate surface area is 376 Å². The van der Waals surface area contributed by atoms with Gasteiger partial charge in [-0.2, -0.15) is 0 Å². The third kappa shape index (κ3) is 47.7. The van der Waals surface area contributed by atoms with Crippen LogP contribution in [0.2, 0.25) is 0 Å². The van der Waals surface area contributed by atoms with Gasteiger partial charge >= 0.3 is 17.9 Å². The van der Waals surface area contributed by atoms with E-state index in [-0.39, 0.29) is 37.5 Å². The zero-order valence-electron chi connectivity index (χ0n) is 39.9. The molecule has 0 spiro atoms. The Kier molecular flexibility index (Phi) is 46.9. The predicted molar refractivity (Wildman–Crippen MR) is 261 cm³/mol. The first-order valence-electron chi connectivity index (χ1n) is 25.4. The number of unbranched alkanes of at least 4 members (excludes halogenated alkanes) is 22. The summed E-state index contributed by atoms with van der Waals surface area (Å²) < 4.78 is 16.7. The molecule has 0 aliphatic carbocycles. The van der Waals surface area contributed by atoms with E-state index in [4.69, 9.17) is 14.2 Å². The number of hydrogen-bond donors (Lipinski definition) is 0. The van der Waals surface area contributed by atoms with E-state index < -0.39 is 6.10 Å². The highest BCUT2D eigenvalue weighted by Gasteiger charge is 2.19. The maximum atomic E-state index is 12.8. The van der Waals surface area contributed by atoms with E-state index >= 15 is 0 Å². The molecule has 0 aromatic heterocycles. The standard InChI is InChI=1S/C55H94O6/c1-4-7-10-13-16-19-22-24-26-27-29-30-33-36-39-42-45-48-54(57)60-51-52(50-59-53(56)47-44-41-38-35-32-21-18-15-12-9-6-3)61-55(58)49-46-43-40-37-34-31-28-25-23-20-17-14-11-8-5-2/h8,11,16-17,19-20,24-26,28,34,37,52H,4-7,9-10,12-15,18,21-23,27,29-33,35-36,38-51H2,1-3H3/b11-8-,19-16-,20-17-,26-24-,28-25-,37-34-. The summed E-state index contributed by atoms with van der Waals surface area (Å²) in [5.41, 5.74) is 0. The molecule has 0 aliphatic rings. The summed E-state index contributed by atoms with van der Waals surface area (Å²) in [6, 6.07) is 0. The highest BCUT2D eigenvalue weighted by Crippen LogP contribution is 2.14. The van der Waals surface area contributed by atoms with Crippen LogP contribution in [0.1, 0.15) is 239 Å². The molecule has 6 nitrogen and oxygen atoms in total. The predicted octanol–water partition coefficient (Wildman–Crippen LogP) is 16.6. The van der Waals surface area contributed by atoms with Gasteiger partial charge in [-0.1, -0.05) is 203 Å². The molecule has 0 N–H and O–H groups in total. The van der Waals surface area contributed by atoms with E-state index in [1.807, 2.05) is 0 Å². The van der Waals surface area contributed by atoms with Gasteiger partial charge < -0.3 is 14.2 Å². The van der Waals surface area contributed by atoms with Crippen molar-refractivity contribution in [2.24, 2.45) is 0 Å². The van der Waals surface area contributed by atoms with Crippen LogP contribution in [0.5, 0.6) is 0 Å². The molecule has 0 saturated heterocycles. The molecule has 61 heavy (non-hydrogen) atoms. The van der Waals surface area contributed by atoms with Crippen LogP contribution in [-0.4, -0.2) is 37.2 Å². The Morgan fingerprint density at radius 1 is 0.344 bits per heavy atom. The molecule has 0 amide bonds. The fraction of sp³-hybridized carbons (Fsp3) is 0.727. The molecule has 6 heteroatoms. The molecule has 0 radical (unpaired) electrons. The van der Waals surface area contributed by atoms with Gasteiger partial charge in [-0.25, -0.2) is 0 Å². The minimum absolute atomic E-state index is 0.0935. The van der Waals surface area contributed by atoms with Gasteiger partial charge in [-0.05, 0) is 89.9 Å². The van der Waals surface area contributed by atoms with Crippen LogP contribution >= 0.6 is 0 Å². The lowest BCUT2D eigenvalue weighted by atomic mass is 10.1. The van der Waals surface area contributed by atoms with Crippen LogP contribution in [0.15, 0.2) is 72.9 Å². The number of ether oxygens (including phenoxy) is 3. The van der Waals surface area contributed by atoms with Crippen LogP contribution in [0.4, 0.5) is 0 Å². The van der Waals surface area contributed by atoms with Crippen molar-refractivity contribution in [1.29, 1.82) is 0 Å². The van der Waals surface area contributed by atoms with E-state index in [2.05, 4.69) is 93.7 Å². The van der Waals surface area contributed by atoms with Crippen molar-refractivity contribution in [3.05, 3.63) is 72.9 Å². The largest absolute Gasteiger partial charge is 0.462 e. The maximum Gasteiger partial charge on any atom is 0.306 e. The molecule has 0 aromatic rings. The highest BCUT2D eigenvalue weighted by atomic mass is 16.6. The minimum Gasteiger partial charge on any atom is -0.462 e. The number of rotatable bonds is 45. The second-order valence-corrected chi connectivity index (χ2v) is 16.7. The molecular weight excluding hydrogens is 757 g/mol. The van der Waals surface area contributed by atoms with Crippen molar-refractivity contribution >= 4 is 17.9 Å². The molecule has 0 saturated carbocycles. The zero-order valence-corrected chi connectivity index (χ0v) is 39.9. The van der Waals surface area contributed by atoms with Crippen molar-refractivity contribution in [2.45, 2.75) is 245 Å². The van der Waals surface area contributed by atoms with Gasteiger partial charge in [0.1, 0.15) is 13.2 Å². The molecule has 0 fully saturated rings. The Morgan fingerprint density at radius 3 is 1.07 bits per heavy atom. The monoisotopic (exact) mass is 851 g/mol. The van der Waals surface area contributed by atoms with Gasteiger partial charge in [0.25, 0.3) is 0 Å². The lowest BCUT2D eigenvalue weighted by molar-refractivity contribution is -0.167. The number of carbonyl (C=O) groups is 3. The Bertz CT molecular complexity index is 1160. The average molecular weight is 851 g/mol. The van der Waals surface area contributed by atoms with Crippen LogP contribution in [0.25, 0.3) is 0 Å². The second kappa shape index (κ2) is 49.5. The highest BCUT2D eigenvalue weighted by molar-refractivity contribution is 5.71. The molecule has 0 aromatic carbocycles. The molecule has 0 rings (SSSR count). The summed E-state index contributed by atoms with van der Waals surface area (Å²) in [7, 11) is 0. The Balaban J connectivity index is 4.44. The average Bonchev–Trinajstić information content (AvgIpc) is 3.26. The summed E-state index contributed by atoms with van der Waals surface area (Å²) in [6.45, 7) is 6.45. The summed E-state index contributed by atoms with van der Waals surface area (Å²) in [6.07, 6.45) is 61.7. The van der Waals surface area contributed by atoms with Gasteiger partial charge in [-0.15, -0.1) is 0 Å². The number of esters is 3. The second-order valence-electron chi connectivity index (χ2n) is 16.7. The molecule has 0 aliphatic heterocycles. The van der Waals surface area contributed by atoms with Crippen molar-refractivity contribution in [3.63, 3.8) is 0 Å². The number of carbonyl (C=O) groups excluding carboxylic acids is 3. The van der Waals surface area contributed by atoms with E-state index in [9.17, 15) is 14.4 Å². The first-order valence-corrected chi connectivity index (χ1v) is 25.4. The molecular formula is C55H94O6. The first kappa shape index (κ1) is 57.9. The molecule has 1 atom stereocenters. The Hall–Kier alpha value is -3.15. The lowest BCUT2D eigenvalue weighted by Gasteiger charge is -2.18.